The van der Waals surface area contributed by atoms with Crippen LogP contribution in [0.3, 0.4) is 0 Å². The van der Waals surface area contributed by atoms with Gasteiger partial charge in [-0.3, -0.25) is 4.79 Å². The third-order valence-electron chi connectivity index (χ3n) is 3.25. The molecule has 0 unspecified atom stereocenters. The van der Waals surface area contributed by atoms with Crippen molar-refractivity contribution in [2.75, 3.05) is 11.9 Å². The predicted molar refractivity (Wildman–Crippen MR) is 87.9 cm³/mol. The van der Waals surface area contributed by atoms with Gasteiger partial charge in [0.1, 0.15) is 11.3 Å². The first-order chi connectivity index (χ1) is 10.9. The minimum atomic E-state index is -0.760. The van der Waals surface area contributed by atoms with Crippen molar-refractivity contribution in [1.29, 1.82) is 0 Å². The Bertz CT molecular complexity index is 758. The third kappa shape index (κ3) is 4.23. The molecule has 120 valence electrons. The molecule has 6 heteroatoms. The summed E-state index contributed by atoms with van der Waals surface area (Å²) in [7, 11) is 0. The van der Waals surface area contributed by atoms with Crippen molar-refractivity contribution in [1.82, 2.24) is 0 Å². The van der Waals surface area contributed by atoms with Crippen LogP contribution in [0.2, 0.25) is 5.02 Å². The number of nitrogens with one attached hydrogen (secondary N) is 1. The number of anilines is 1. The van der Waals surface area contributed by atoms with Crippen LogP contribution in [0.15, 0.2) is 36.4 Å². The van der Waals surface area contributed by atoms with Gasteiger partial charge in [0.05, 0.1) is 0 Å². The monoisotopic (exact) mass is 333 g/mol. The molecule has 0 aliphatic heterocycles. The summed E-state index contributed by atoms with van der Waals surface area (Å²) in [6, 6.07) is 9.70. The Balaban J connectivity index is 1.98. The van der Waals surface area contributed by atoms with Crippen LogP contribution in [-0.4, -0.2) is 23.6 Å². The summed E-state index contributed by atoms with van der Waals surface area (Å²) < 4.78 is 4.92. The van der Waals surface area contributed by atoms with Crippen LogP contribution in [0.1, 0.15) is 21.5 Å². The largest absolute Gasteiger partial charge is 0.507 e. The van der Waals surface area contributed by atoms with E-state index >= 15 is 0 Å². The van der Waals surface area contributed by atoms with Crippen molar-refractivity contribution in [3.05, 3.63) is 58.1 Å². The van der Waals surface area contributed by atoms with Crippen molar-refractivity contribution < 1.29 is 19.4 Å². The van der Waals surface area contributed by atoms with Gasteiger partial charge in [0.25, 0.3) is 5.91 Å². The fourth-order valence-corrected chi connectivity index (χ4v) is 2.13. The number of aromatic hydroxyl groups is 1. The lowest BCUT2D eigenvalue weighted by atomic mass is 10.1. The van der Waals surface area contributed by atoms with Gasteiger partial charge in [0.2, 0.25) is 0 Å². The maximum atomic E-state index is 11.9. The zero-order chi connectivity index (χ0) is 17.0. The Labute approximate surface area is 138 Å². The van der Waals surface area contributed by atoms with Crippen LogP contribution in [0.4, 0.5) is 5.69 Å². The molecule has 0 aliphatic carbocycles. The number of esters is 1. The van der Waals surface area contributed by atoms with Crippen LogP contribution in [0.25, 0.3) is 0 Å². The summed E-state index contributed by atoms with van der Waals surface area (Å²) in [5.41, 5.74) is 2.10. The van der Waals surface area contributed by atoms with Crippen LogP contribution in [0.5, 0.6) is 5.75 Å². The Morgan fingerprint density at radius 2 is 1.96 bits per heavy atom. The first-order valence-corrected chi connectivity index (χ1v) is 7.28. The average Bonchev–Trinajstić information content (AvgIpc) is 2.52. The fourth-order valence-electron chi connectivity index (χ4n) is 1.95. The summed E-state index contributed by atoms with van der Waals surface area (Å²) in [4.78, 5) is 23.8. The molecule has 0 bridgehead atoms. The summed E-state index contributed by atoms with van der Waals surface area (Å²) in [6.07, 6.45) is 0. The zero-order valence-electron chi connectivity index (χ0n) is 12.7. The van der Waals surface area contributed by atoms with Gasteiger partial charge in [-0.1, -0.05) is 29.3 Å². The van der Waals surface area contributed by atoms with Crippen LogP contribution < -0.4 is 5.32 Å². The molecule has 23 heavy (non-hydrogen) atoms. The first-order valence-electron chi connectivity index (χ1n) is 6.90. The molecule has 2 aromatic rings. The van der Waals surface area contributed by atoms with Crippen molar-refractivity contribution in [2.45, 2.75) is 13.8 Å². The highest BCUT2D eigenvalue weighted by atomic mass is 35.5. The molecule has 1 amide bonds. The normalized spacial score (nSPS) is 10.2. The quantitative estimate of drug-likeness (QED) is 0.840. The predicted octanol–water partition coefficient (Wildman–Crippen LogP) is 3.46. The lowest BCUT2D eigenvalue weighted by Crippen LogP contribution is -2.21. The molecule has 0 atom stereocenters. The smallest absolute Gasteiger partial charge is 0.342 e. The summed E-state index contributed by atoms with van der Waals surface area (Å²) in [5, 5.41) is 12.8. The molecule has 0 aliphatic rings. The zero-order valence-corrected chi connectivity index (χ0v) is 13.5. The Hall–Kier alpha value is -2.53. The SMILES string of the molecule is Cc1ccc(O)c(C(=O)OCC(=O)Nc2cccc(Cl)c2C)c1. The van der Waals surface area contributed by atoms with Crippen LogP contribution in [0, 0.1) is 13.8 Å². The molecule has 0 saturated heterocycles. The minimum Gasteiger partial charge on any atom is -0.507 e. The molecule has 0 fully saturated rings. The molecule has 0 spiro atoms. The van der Waals surface area contributed by atoms with E-state index in [1.165, 1.54) is 12.1 Å². The Kier molecular flexibility index (Phi) is 5.24. The second kappa shape index (κ2) is 7.15. The molecule has 2 N–H and O–H groups in total. The highest BCUT2D eigenvalue weighted by Crippen LogP contribution is 2.23. The van der Waals surface area contributed by atoms with Crippen molar-refractivity contribution in [3.63, 3.8) is 0 Å². The van der Waals surface area contributed by atoms with E-state index in [-0.39, 0.29) is 11.3 Å². The van der Waals surface area contributed by atoms with Crippen LogP contribution >= 0.6 is 11.6 Å². The number of halogens is 1. The highest BCUT2D eigenvalue weighted by molar-refractivity contribution is 6.31. The van der Waals surface area contributed by atoms with E-state index in [1.807, 2.05) is 0 Å². The molecule has 2 rings (SSSR count). The number of rotatable bonds is 4. The second-order valence-electron chi connectivity index (χ2n) is 5.06. The minimum absolute atomic E-state index is 0.0248. The van der Waals surface area contributed by atoms with E-state index in [4.69, 9.17) is 16.3 Å². The summed E-state index contributed by atoms with van der Waals surface area (Å²) >= 11 is 5.97. The van der Waals surface area contributed by atoms with Gasteiger partial charge in [0, 0.05) is 10.7 Å². The van der Waals surface area contributed by atoms with Gasteiger partial charge in [0.15, 0.2) is 6.61 Å². The van der Waals surface area contributed by atoms with Gasteiger partial charge < -0.3 is 15.2 Å². The van der Waals surface area contributed by atoms with E-state index in [0.29, 0.717) is 10.7 Å². The number of benzene rings is 2. The average molecular weight is 334 g/mol. The Morgan fingerprint density at radius 3 is 2.70 bits per heavy atom. The number of ether oxygens (including phenoxy) is 1. The number of hydrogen-bond donors (Lipinski definition) is 2. The highest BCUT2D eigenvalue weighted by Gasteiger charge is 2.15. The van der Waals surface area contributed by atoms with E-state index in [9.17, 15) is 14.7 Å². The van der Waals surface area contributed by atoms with Gasteiger partial charge in [-0.25, -0.2) is 4.79 Å². The maximum Gasteiger partial charge on any atom is 0.342 e. The lowest BCUT2D eigenvalue weighted by molar-refractivity contribution is -0.119. The molecular formula is C17H16ClNO4. The van der Waals surface area contributed by atoms with E-state index in [1.54, 1.807) is 38.1 Å². The van der Waals surface area contributed by atoms with E-state index in [2.05, 4.69) is 5.32 Å². The van der Waals surface area contributed by atoms with E-state index in [0.717, 1.165) is 11.1 Å². The van der Waals surface area contributed by atoms with Crippen molar-refractivity contribution in [3.8, 4) is 5.75 Å². The van der Waals surface area contributed by atoms with Crippen molar-refractivity contribution in [2.24, 2.45) is 0 Å². The topological polar surface area (TPSA) is 75.6 Å². The number of carbonyl (C=O) groups excluding carboxylic acids is 2. The lowest BCUT2D eigenvalue weighted by Gasteiger charge is -2.10. The number of phenols is 1. The molecular weight excluding hydrogens is 318 g/mol. The Morgan fingerprint density at radius 1 is 1.22 bits per heavy atom. The molecule has 0 radical (unpaired) electrons. The number of phenolic OH excluding ortho intramolecular Hbond substituents is 1. The van der Waals surface area contributed by atoms with E-state index < -0.39 is 18.5 Å². The van der Waals surface area contributed by atoms with Gasteiger partial charge >= 0.3 is 5.97 Å². The van der Waals surface area contributed by atoms with Crippen molar-refractivity contribution >= 4 is 29.2 Å². The van der Waals surface area contributed by atoms with Crippen LogP contribution in [-0.2, 0) is 9.53 Å². The van der Waals surface area contributed by atoms with Gasteiger partial charge in [-0.05, 0) is 43.7 Å². The van der Waals surface area contributed by atoms with Gasteiger partial charge in [-0.15, -0.1) is 0 Å². The first kappa shape index (κ1) is 16.8. The molecule has 0 aromatic heterocycles. The number of hydrogen-bond acceptors (Lipinski definition) is 4. The second-order valence-corrected chi connectivity index (χ2v) is 5.46. The summed E-state index contributed by atoms with van der Waals surface area (Å²) in [5.74, 6) is -1.44. The molecule has 5 nitrogen and oxygen atoms in total. The number of amides is 1. The third-order valence-corrected chi connectivity index (χ3v) is 3.66. The molecule has 0 heterocycles. The molecule has 2 aromatic carbocycles. The maximum absolute atomic E-state index is 11.9. The fraction of sp³-hybridized carbons (Fsp3) is 0.176. The molecule has 0 saturated carbocycles. The number of aryl methyl sites for hydroxylation is 1. The van der Waals surface area contributed by atoms with Gasteiger partial charge in [-0.2, -0.15) is 0 Å². The summed E-state index contributed by atoms with van der Waals surface area (Å²) in [6.45, 7) is 3.09. The standard InChI is InChI=1S/C17H16ClNO4/c1-10-6-7-15(20)12(8-10)17(22)23-9-16(21)19-14-5-3-4-13(18)11(14)2/h3-8,20H,9H2,1-2H3,(H,19,21). The number of carbonyl (C=O) groups is 2.